The Balaban J connectivity index is 1.95. The van der Waals surface area contributed by atoms with E-state index in [1.165, 1.54) is 12.8 Å². The van der Waals surface area contributed by atoms with Gasteiger partial charge >= 0.3 is 0 Å². The molecule has 0 saturated carbocycles. The highest BCUT2D eigenvalue weighted by molar-refractivity contribution is 5.98. The quantitative estimate of drug-likeness (QED) is 0.799. The van der Waals surface area contributed by atoms with Crippen LogP contribution in [0, 0.1) is 6.92 Å². The summed E-state index contributed by atoms with van der Waals surface area (Å²) < 4.78 is 0. The Hall–Kier alpha value is -1.97. The molecule has 0 aliphatic carbocycles. The van der Waals surface area contributed by atoms with Crippen molar-refractivity contribution in [2.24, 2.45) is 0 Å². The van der Waals surface area contributed by atoms with Crippen molar-refractivity contribution in [3.63, 3.8) is 0 Å². The molecule has 0 bridgehead atoms. The molecule has 0 unspecified atom stereocenters. The predicted octanol–water partition coefficient (Wildman–Crippen LogP) is 2.95. The summed E-state index contributed by atoms with van der Waals surface area (Å²) in [5, 5.41) is 0.927. The number of rotatable bonds is 1. The molecule has 1 fully saturated rings. The SMILES string of the molecule is Cc1nc2ccncc2cc1C(=O)N1CCCCCC1. The van der Waals surface area contributed by atoms with Crippen LogP contribution >= 0.6 is 0 Å². The van der Waals surface area contributed by atoms with Crippen molar-refractivity contribution in [3.8, 4) is 0 Å². The molecule has 1 saturated heterocycles. The standard InChI is InChI=1S/C16H19N3O/c1-12-14(10-13-11-17-7-6-15(13)18-12)16(20)19-8-4-2-3-5-9-19/h6-7,10-11H,2-5,8-9H2,1H3. The Labute approximate surface area is 118 Å². The molecule has 1 amide bonds. The van der Waals surface area contributed by atoms with E-state index < -0.39 is 0 Å². The second-order valence-corrected chi connectivity index (χ2v) is 5.40. The van der Waals surface area contributed by atoms with E-state index in [9.17, 15) is 4.79 Å². The Morgan fingerprint density at radius 1 is 1.20 bits per heavy atom. The first-order chi connectivity index (χ1) is 9.75. The van der Waals surface area contributed by atoms with E-state index in [1.807, 2.05) is 24.0 Å². The minimum atomic E-state index is 0.114. The van der Waals surface area contributed by atoms with Crippen LogP contribution in [0.3, 0.4) is 0 Å². The summed E-state index contributed by atoms with van der Waals surface area (Å²) in [6, 6.07) is 3.81. The average molecular weight is 269 g/mol. The van der Waals surface area contributed by atoms with Crippen molar-refractivity contribution in [1.82, 2.24) is 14.9 Å². The van der Waals surface area contributed by atoms with E-state index in [-0.39, 0.29) is 5.91 Å². The zero-order valence-corrected chi connectivity index (χ0v) is 11.8. The van der Waals surface area contributed by atoms with Gasteiger partial charge in [0.25, 0.3) is 5.91 Å². The number of fused-ring (bicyclic) bond motifs is 1. The fourth-order valence-corrected chi connectivity index (χ4v) is 2.77. The molecule has 20 heavy (non-hydrogen) atoms. The maximum absolute atomic E-state index is 12.7. The maximum Gasteiger partial charge on any atom is 0.255 e. The number of nitrogens with zero attached hydrogens (tertiary/aromatic N) is 3. The van der Waals surface area contributed by atoms with Gasteiger partial charge in [-0.05, 0) is 31.9 Å². The summed E-state index contributed by atoms with van der Waals surface area (Å²) >= 11 is 0. The van der Waals surface area contributed by atoms with Crippen molar-refractivity contribution in [2.75, 3.05) is 13.1 Å². The van der Waals surface area contributed by atoms with Gasteiger partial charge in [0, 0.05) is 30.9 Å². The third-order valence-electron chi connectivity index (χ3n) is 3.93. The summed E-state index contributed by atoms with van der Waals surface area (Å²) in [5.41, 5.74) is 2.41. The topological polar surface area (TPSA) is 46.1 Å². The second-order valence-electron chi connectivity index (χ2n) is 5.40. The number of carbonyl (C=O) groups excluding carboxylic acids is 1. The summed E-state index contributed by atoms with van der Waals surface area (Å²) in [6.07, 6.45) is 8.15. The molecule has 4 heteroatoms. The van der Waals surface area contributed by atoms with Gasteiger partial charge in [-0.1, -0.05) is 12.8 Å². The molecular formula is C16H19N3O. The van der Waals surface area contributed by atoms with Crippen LogP contribution in [0.4, 0.5) is 0 Å². The highest BCUT2D eigenvalue weighted by Crippen LogP contribution is 2.19. The third kappa shape index (κ3) is 2.50. The van der Waals surface area contributed by atoms with E-state index >= 15 is 0 Å². The fourth-order valence-electron chi connectivity index (χ4n) is 2.77. The molecule has 3 heterocycles. The zero-order chi connectivity index (χ0) is 13.9. The number of likely N-dealkylation sites (tertiary alicyclic amines) is 1. The molecule has 0 spiro atoms. The summed E-state index contributed by atoms with van der Waals surface area (Å²) in [4.78, 5) is 23.3. The Bertz CT molecular complexity index is 631. The summed E-state index contributed by atoms with van der Waals surface area (Å²) in [7, 11) is 0. The third-order valence-corrected chi connectivity index (χ3v) is 3.93. The number of carbonyl (C=O) groups is 1. The molecule has 2 aromatic rings. The van der Waals surface area contributed by atoms with E-state index in [2.05, 4.69) is 9.97 Å². The van der Waals surface area contributed by atoms with Crippen molar-refractivity contribution in [2.45, 2.75) is 32.6 Å². The lowest BCUT2D eigenvalue weighted by Gasteiger charge is -2.21. The molecule has 0 atom stereocenters. The number of hydrogen-bond acceptors (Lipinski definition) is 3. The van der Waals surface area contributed by atoms with Crippen LogP contribution in [0.5, 0.6) is 0 Å². The van der Waals surface area contributed by atoms with Gasteiger partial charge in [0.1, 0.15) is 0 Å². The van der Waals surface area contributed by atoms with Gasteiger partial charge in [-0.25, -0.2) is 0 Å². The van der Waals surface area contributed by atoms with Gasteiger partial charge < -0.3 is 4.90 Å². The molecule has 1 aliphatic heterocycles. The lowest BCUT2D eigenvalue weighted by Crippen LogP contribution is -2.32. The number of pyridine rings is 2. The first-order valence-corrected chi connectivity index (χ1v) is 7.26. The second kappa shape index (κ2) is 5.57. The Morgan fingerprint density at radius 3 is 2.70 bits per heavy atom. The van der Waals surface area contributed by atoms with Crippen molar-refractivity contribution in [1.29, 1.82) is 0 Å². The molecular weight excluding hydrogens is 250 g/mol. The normalized spacial score (nSPS) is 16.1. The first kappa shape index (κ1) is 13.0. The summed E-state index contributed by atoms with van der Waals surface area (Å²) in [6.45, 7) is 3.64. The number of hydrogen-bond donors (Lipinski definition) is 0. The van der Waals surface area contributed by atoms with E-state index in [4.69, 9.17) is 0 Å². The smallest absolute Gasteiger partial charge is 0.255 e. The molecule has 0 radical (unpaired) electrons. The highest BCUT2D eigenvalue weighted by Gasteiger charge is 2.19. The minimum Gasteiger partial charge on any atom is -0.339 e. The van der Waals surface area contributed by atoms with Crippen LogP contribution in [0.25, 0.3) is 10.9 Å². The first-order valence-electron chi connectivity index (χ1n) is 7.26. The van der Waals surface area contributed by atoms with Crippen molar-refractivity contribution < 1.29 is 4.79 Å². The van der Waals surface area contributed by atoms with Crippen LogP contribution < -0.4 is 0 Å². The van der Waals surface area contributed by atoms with E-state index in [1.54, 1.807) is 12.4 Å². The van der Waals surface area contributed by atoms with Crippen LogP contribution in [-0.2, 0) is 0 Å². The number of aryl methyl sites for hydroxylation is 1. The number of amides is 1. The van der Waals surface area contributed by atoms with Crippen LogP contribution in [0.1, 0.15) is 41.7 Å². The minimum absolute atomic E-state index is 0.114. The average Bonchev–Trinajstić information content (AvgIpc) is 2.75. The zero-order valence-electron chi connectivity index (χ0n) is 11.8. The van der Waals surface area contributed by atoms with Crippen molar-refractivity contribution >= 4 is 16.8 Å². The lowest BCUT2D eigenvalue weighted by molar-refractivity contribution is 0.0760. The molecule has 0 aromatic carbocycles. The van der Waals surface area contributed by atoms with E-state index in [0.717, 1.165) is 42.5 Å². The fraction of sp³-hybridized carbons (Fsp3) is 0.438. The van der Waals surface area contributed by atoms with Gasteiger partial charge in [-0.2, -0.15) is 0 Å². The summed E-state index contributed by atoms with van der Waals surface area (Å²) in [5.74, 6) is 0.114. The molecule has 104 valence electrons. The Kier molecular flexibility index (Phi) is 3.63. The largest absolute Gasteiger partial charge is 0.339 e. The van der Waals surface area contributed by atoms with Gasteiger partial charge in [0.2, 0.25) is 0 Å². The molecule has 1 aliphatic rings. The van der Waals surface area contributed by atoms with Gasteiger partial charge in [0.15, 0.2) is 0 Å². The highest BCUT2D eigenvalue weighted by atomic mass is 16.2. The van der Waals surface area contributed by atoms with E-state index in [0.29, 0.717) is 5.56 Å². The molecule has 3 rings (SSSR count). The monoisotopic (exact) mass is 269 g/mol. The van der Waals surface area contributed by atoms with Crippen LogP contribution in [0.15, 0.2) is 24.5 Å². The lowest BCUT2D eigenvalue weighted by atomic mass is 10.1. The Morgan fingerprint density at radius 2 is 1.95 bits per heavy atom. The number of aromatic nitrogens is 2. The van der Waals surface area contributed by atoms with Gasteiger partial charge in [0.05, 0.1) is 16.8 Å². The molecule has 0 N–H and O–H groups in total. The predicted molar refractivity (Wildman–Crippen MR) is 78.6 cm³/mol. The maximum atomic E-state index is 12.7. The molecule has 2 aromatic heterocycles. The molecule has 4 nitrogen and oxygen atoms in total. The van der Waals surface area contributed by atoms with Crippen LogP contribution in [0.2, 0.25) is 0 Å². The van der Waals surface area contributed by atoms with Gasteiger partial charge in [-0.15, -0.1) is 0 Å². The van der Waals surface area contributed by atoms with Crippen LogP contribution in [-0.4, -0.2) is 33.9 Å². The van der Waals surface area contributed by atoms with Crippen molar-refractivity contribution in [3.05, 3.63) is 35.8 Å². The van der Waals surface area contributed by atoms with Gasteiger partial charge in [-0.3, -0.25) is 14.8 Å².